The van der Waals surface area contributed by atoms with Crippen LogP contribution in [0, 0.1) is 6.92 Å². The van der Waals surface area contributed by atoms with E-state index in [1.54, 1.807) is 0 Å². The summed E-state index contributed by atoms with van der Waals surface area (Å²) in [5.74, 6) is 2.82. The molecule has 3 aliphatic rings. The maximum Gasteiger partial charge on any atom is 0.259 e. The van der Waals surface area contributed by atoms with Crippen molar-refractivity contribution in [1.82, 2.24) is 34.4 Å². The number of amides is 1. The molecular formula is C23H31N9O2. The lowest BCUT2D eigenvalue weighted by Crippen LogP contribution is -2.61. The van der Waals surface area contributed by atoms with Crippen LogP contribution in [0.1, 0.15) is 44.3 Å². The van der Waals surface area contributed by atoms with Gasteiger partial charge in [0, 0.05) is 38.8 Å². The minimum absolute atomic E-state index is 0.157. The van der Waals surface area contributed by atoms with Crippen LogP contribution in [-0.2, 0) is 4.79 Å². The summed E-state index contributed by atoms with van der Waals surface area (Å²) in [7, 11) is 0. The Morgan fingerprint density at radius 1 is 1.00 bits per heavy atom. The van der Waals surface area contributed by atoms with E-state index in [1.165, 1.54) is 36.6 Å². The van der Waals surface area contributed by atoms with Crippen LogP contribution in [-0.4, -0.2) is 85.1 Å². The molecule has 5 heterocycles. The first-order chi connectivity index (χ1) is 16.6. The minimum atomic E-state index is -0.252. The van der Waals surface area contributed by atoms with Gasteiger partial charge in [-0.2, -0.15) is 19.5 Å². The number of nitrogens with two attached hydrogens (primary N) is 1. The second-order valence-corrected chi connectivity index (χ2v) is 9.59. The summed E-state index contributed by atoms with van der Waals surface area (Å²) in [6.07, 6.45) is 7.43. The van der Waals surface area contributed by atoms with E-state index < -0.39 is 0 Å². The molecule has 0 spiro atoms. The number of piperazine rings is 1. The number of furan rings is 1. The molecular weight excluding hydrogens is 434 g/mol. The number of fused-ring (bicyclic) bond motifs is 1. The summed E-state index contributed by atoms with van der Waals surface area (Å²) in [5, 5.41) is 4.38. The Labute approximate surface area is 197 Å². The highest BCUT2D eigenvalue weighted by Crippen LogP contribution is 2.28. The summed E-state index contributed by atoms with van der Waals surface area (Å²) < 4.78 is 7.02. The van der Waals surface area contributed by atoms with E-state index in [0.29, 0.717) is 35.9 Å². The number of hydrogen-bond donors (Lipinski definition) is 1. The van der Waals surface area contributed by atoms with Crippen LogP contribution in [0.5, 0.6) is 0 Å². The average molecular weight is 466 g/mol. The van der Waals surface area contributed by atoms with Gasteiger partial charge in [-0.25, -0.2) is 0 Å². The first kappa shape index (κ1) is 21.3. The maximum atomic E-state index is 13.3. The summed E-state index contributed by atoms with van der Waals surface area (Å²) in [5.41, 5.74) is 6.17. The average Bonchev–Trinajstić information content (AvgIpc) is 3.45. The molecule has 0 bridgehead atoms. The van der Waals surface area contributed by atoms with Crippen molar-refractivity contribution in [3.63, 3.8) is 0 Å². The zero-order valence-corrected chi connectivity index (χ0v) is 19.6. The van der Waals surface area contributed by atoms with Crippen LogP contribution in [0.3, 0.4) is 0 Å². The molecule has 3 aromatic heterocycles. The van der Waals surface area contributed by atoms with Crippen LogP contribution in [0.2, 0.25) is 0 Å². The molecule has 11 heteroatoms. The molecule has 1 saturated carbocycles. The number of rotatable bonds is 4. The van der Waals surface area contributed by atoms with E-state index >= 15 is 0 Å². The molecule has 1 aliphatic carbocycles. The summed E-state index contributed by atoms with van der Waals surface area (Å²) in [4.78, 5) is 33.3. The zero-order chi connectivity index (χ0) is 23.2. The number of nitrogen functional groups attached to an aromatic ring is 1. The number of carbonyl (C=O) groups excluding carboxylic acids is 1. The second kappa shape index (κ2) is 8.53. The van der Waals surface area contributed by atoms with Gasteiger partial charge in [-0.05, 0) is 38.3 Å². The SMILES string of the molecule is Cc1ccc(-c2nc3nc(N4CC[C@H]4C(=O)N4CCN(C5CCCCC5)CC4)nc(N)n3n2)o1. The third kappa shape index (κ3) is 3.77. The largest absolute Gasteiger partial charge is 0.458 e. The van der Waals surface area contributed by atoms with E-state index in [9.17, 15) is 4.79 Å². The summed E-state index contributed by atoms with van der Waals surface area (Å²) in [6, 6.07) is 4.12. The summed E-state index contributed by atoms with van der Waals surface area (Å²) in [6.45, 7) is 6.09. The standard InChI is InChI=1S/C23H31N9O2/c1-15-7-8-18(34-15)19-25-23-27-22(26-21(24)32(23)28-19)31-10-9-17(31)20(33)30-13-11-29(12-14-30)16-5-3-2-4-6-16/h7-8,16-17H,2-6,9-14H2,1H3,(H2,24,25,26,27,28)/t17-/m0/s1. The lowest BCUT2D eigenvalue weighted by Gasteiger charge is -2.45. The fraction of sp³-hybridized carbons (Fsp3) is 0.609. The van der Waals surface area contributed by atoms with Gasteiger partial charge in [-0.3, -0.25) is 9.69 Å². The van der Waals surface area contributed by atoms with Crippen LogP contribution in [0.4, 0.5) is 11.9 Å². The predicted octanol–water partition coefficient (Wildman–Crippen LogP) is 1.73. The van der Waals surface area contributed by atoms with Crippen molar-refractivity contribution in [2.45, 2.75) is 57.5 Å². The molecule has 34 heavy (non-hydrogen) atoms. The fourth-order valence-electron chi connectivity index (χ4n) is 5.43. The Bertz CT molecular complexity index is 1190. The fourth-order valence-corrected chi connectivity index (χ4v) is 5.43. The van der Waals surface area contributed by atoms with E-state index in [2.05, 4.69) is 25.0 Å². The van der Waals surface area contributed by atoms with E-state index in [4.69, 9.17) is 10.2 Å². The van der Waals surface area contributed by atoms with Crippen LogP contribution < -0.4 is 10.6 Å². The van der Waals surface area contributed by atoms with E-state index in [-0.39, 0.29) is 17.9 Å². The van der Waals surface area contributed by atoms with Gasteiger partial charge in [-0.1, -0.05) is 19.3 Å². The van der Waals surface area contributed by atoms with Crippen molar-refractivity contribution < 1.29 is 9.21 Å². The van der Waals surface area contributed by atoms with Gasteiger partial charge in [-0.15, -0.1) is 5.10 Å². The van der Waals surface area contributed by atoms with Gasteiger partial charge in [0.1, 0.15) is 11.8 Å². The number of carbonyl (C=O) groups is 1. The highest BCUT2D eigenvalue weighted by molar-refractivity contribution is 5.86. The zero-order valence-electron chi connectivity index (χ0n) is 19.6. The minimum Gasteiger partial charge on any atom is -0.458 e. The second-order valence-electron chi connectivity index (χ2n) is 9.59. The quantitative estimate of drug-likeness (QED) is 0.614. The third-order valence-corrected chi connectivity index (χ3v) is 7.46. The Balaban J connectivity index is 1.15. The first-order valence-electron chi connectivity index (χ1n) is 12.3. The molecule has 11 nitrogen and oxygen atoms in total. The monoisotopic (exact) mass is 465 g/mol. The smallest absolute Gasteiger partial charge is 0.259 e. The van der Waals surface area contributed by atoms with Crippen molar-refractivity contribution in [2.75, 3.05) is 43.4 Å². The summed E-state index contributed by atoms with van der Waals surface area (Å²) >= 11 is 0. The Morgan fingerprint density at radius 3 is 2.47 bits per heavy atom. The first-order valence-corrected chi connectivity index (χ1v) is 12.3. The van der Waals surface area contributed by atoms with Gasteiger partial charge < -0.3 is 20.0 Å². The molecule has 1 atom stereocenters. The molecule has 2 aliphatic heterocycles. The lowest BCUT2D eigenvalue weighted by atomic mass is 9.93. The molecule has 6 rings (SSSR count). The maximum absolute atomic E-state index is 13.3. The number of aryl methyl sites for hydroxylation is 1. The van der Waals surface area contributed by atoms with Crippen molar-refractivity contribution in [3.05, 3.63) is 17.9 Å². The Morgan fingerprint density at radius 2 is 1.79 bits per heavy atom. The Hall–Kier alpha value is -3.21. The molecule has 0 unspecified atom stereocenters. The molecule has 0 radical (unpaired) electrons. The molecule has 0 aromatic carbocycles. The van der Waals surface area contributed by atoms with Gasteiger partial charge in [0.05, 0.1) is 0 Å². The highest BCUT2D eigenvalue weighted by Gasteiger charge is 2.40. The number of anilines is 2. The van der Waals surface area contributed by atoms with Crippen LogP contribution in [0.15, 0.2) is 16.5 Å². The molecule has 3 aromatic rings. The number of nitrogens with zero attached hydrogens (tertiary/aromatic N) is 8. The van der Waals surface area contributed by atoms with Gasteiger partial charge in [0.15, 0.2) is 5.76 Å². The number of aromatic nitrogens is 5. The highest BCUT2D eigenvalue weighted by atomic mass is 16.3. The van der Waals surface area contributed by atoms with Crippen LogP contribution >= 0.6 is 0 Å². The molecule has 3 fully saturated rings. The topological polar surface area (TPSA) is 122 Å². The van der Waals surface area contributed by atoms with Crippen molar-refractivity contribution in [1.29, 1.82) is 0 Å². The third-order valence-electron chi connectivity index (χ3n) is 7.46. The van der Waals surface area contributed by atoms with Crippen molar-refractivity contribution >= 4 is 23.6 Å². The normalized spacial score (nSPS) is 22.3. The van der Waals surface area contributed by atoms with Crippen molar-refractivity contribution in [3.8, 4) is 11.6 Å². The van der Waals surface area contributed by atoms with Crippen LogP contribution in [0.25, 0.3) is 17.4 Å². The predicted molar refractivity (Wildman–Crippen MR) is 126 cm³/mol. The van der Waals surface area contributed by atoms with Gasteiger partial charge in [0.2, 0.25) is 23.6 Å². The number of hydrogen-bond acceptors (Lipinski definition) is 9. The molecule has 1 amide bonds. The van der Waals surface area contributed by atoms with Gasteiger partial charge in [0.25, 0.3) is 5.78 Å². The molecule has 2 N–H and O–H groups in total. The van der Waals surface area contributed by atoms with E-state index in [0.717, 1.165) is 38.4 Å². The van der Waals surface area contributed by atoms with Crippen molar-refractivity contribution in [2.24, 2.45) is 0 Å². The molecule has 180 valence electrons. The van der Waals surface area contributed by atoms with Gasteiger partial charge >= 0.3 is 0 Å². The van der Waals surface area contributed by atoms with E-state index in [1.807, 2.05) is 28.9 Å². The molecule has 2 saturated heterocycles. The lowest BCUT2D eigenvalue weighted by molar-refractivity contribution is -0.136. The Kier molecular flexibility index (Phi) is 5.35.